The monoisotopic (exact) mass is 503 g/mol. The van der Waals surface area contributed by atoms with Crippen LogP contribution in [0.3, 0.4) is 0 Å². The van der Waals surface area contributed by atoms with Gasteiger partial charge >= 0.3 is 0 Å². The summed E-state index contributed by atoms with van der Waals surface area (Å²) in [7, 11) is 1.79. The number of para-hydroxylation sites is 1. The second-order valence-corrected chi connectivity index (χ2v) is 9.88. The lowest BCUT2D eigenvalue weighted by atomic mass is 9.95. The molecule has 5 heteroatoms. The number of anilines is 1. The molecule has 0 fully saturated rings. The zero-order chi connectivity index (χ0) is 25.4. The number of rotatable bonds is 5. The Hall–Kier alpha value is -4.15. The highest BCUT2D eigenvalue weighted by atomic mass is 35.5. The Morgan fingerprint density at radius 3 is 2.51 bits per heavy atom. The van der Waals surface area contributed by atoms with Gasteiger partial charge in [0, 0.05) is 46.2 Å². The number of aromatic amines is 1. The molecule has 0 saturated carbocycles. The summed E-state index contributed by atoms with van der Waals surface area (Å²) in [6, 6.07) is 33.1. The first-order valence-corrected chi connectivity index (χ1v) is 12.8. The SMILES string of the molecule is CN1C(=O)CN=C(c2cccc(Cc3[nH]c4ccccc4c3Cc3ccccc3)c2)c2cc(Cl)ccc21. The number of benzodiazepines with no additional fused rings is 1. The fourth-order valence-electron chi connectivity index (χ4n) is 5.15. The van der Waals surface area contributed by atoms with Crippen LogP contribution in [0, 0.1) is 0 Å². The molecule has 0 unspecified atom stereocenters. The minimum absolute atomic E-state index is 0.0432. The van der Waals surface area contributed by atoms with Crippen LogP contribution in [0.25, 0.3) is 10.9 Å². The van der Waals surface area contributed by atoms with Crippen molar-refractivity contribution in [3.05, 3.63) is 136 Å². The van der Waals surface area contributed by atoms with Crippen molar-refractivity contribution < 1.29 is 4.79 Å². The van der Waals surface area contributed by atoms with Crippen molar-refractivity contribution in [2.45, 2.75) is 12.8 Å². The smallest absolute Gasteiger partial charge is 0.248 e. The molecule has 0 aliphatic carbocycles. The molecule has 0 saturated heterocycles. The molecule has 6 rings (SSSR count). The number of aromatic nitrogens is 1. The van der Waals surface area contributed by atoms with Gasteiger partial charge in [-0.2, -0.15) is 0 Å². The van der Waals surface area contributed by atoms with Crippen LogP contribution in [0.4, 0.5) is 5.69 Å². The van der Waals surface area contributed by atoms with Gasteiger partial charge in [0.2, 0.25) is 5.91 Å². The van der Waals surface area contributed by atoms with Crippen molar-refractivity contribution in [1.82, 2.24) is 4.98 Å². The molecular weight excluding hydrogens is 478 g/mol. The topological polar surface area (TPSA) is 48.5 Å². The first-order valence-electron chi connectivity index (χ1n) is 12.4. The van der Waals surface area contributed by atoms with Gasteiger partial charge in [0.1, 0.15) is 6.54 Å². The summed E-state index contributed by atoms with van der Waals surface area (Å²) in [5, 5.41) is 1.88. The molecule has 1 aliphatic heterocycles. The summed E-state index contributed by atoms with van der Waals surface area (Å²) >= 11 is 6.37. The number of nitrogens with one attached hydrogen (secondary N) is 1. The number of likely N-dealkylation sites (N-methyl/N-ethyl adjacent to an activating group) is 1. The molecule has 0 spiro atoms. The molecule has 5 aromatic rings. The van der Waals surface area contributed by atoms with Crippen LogP contribution in [0.2, 0.25) is 5.02 Å². The summed E-state index contributed by atoms with van der Waals surface area (Å²) in [5.41, 5.74) is 9.60. The van der Waals surface area contributed by atoms with Gasteiger partial charge in [-0.05, 0) is 53.4 Å². The lowest BCUT2D eigenvalue weighted by Gasteiger charge is -2.18. The summed E-state index contributed by atoms with van der Waals surface area (Å²) in [4.78, 5) is 22.7. The fraction of sp³-hybridized carbons (Fsp3) is 0.125. The molecule has 1 aliphatic rings. The van der Waals surface area contributed by atoms with Crippen molar-refractivity contribution in [3.63, 3.8) is 0 Å². The second kappa shape index (κ2) is 9.72. The van der Waals surface area contributed by atoms with E-state index in [1.54, 1.807) is 11.9 Å². The number of H-pyrrole nitrogens is 1. The van der Waals surface area contributed by atoms with Crippen LogP contribution >= 0.6 is 11.6 Å². The van der Waals surface area contributed by atoms with Gasteiger partial charge in [0.05, 0.1) is 11.4 Å². The number of carbonyl (C=O) groups is 1. The standard InChI is InChI=1S/C32H26ClN3O/c1-36-30-15-14-24(33)19-27(30)32(34-20-31(36)37)23-11-7-10-22(16-23)18-29-26(17-21-8-3-2-4-9-21)25-12-5-6-13-28(25)35-29/h2-16,19,35H,17-18,20H2,1H3. The number of aliphatic imine (C=N–C) groups is 1. The maximum atomic E-state index is 12.6. The van der Waals surface area contributed by atoms with E-state index in [9.17, 15) is 4.79 Å². The Morgan fingerprint density at radius 2 is 1.65 bits per heavy atom. The summed E-state index contributed by atoms with van der Waals surface area (Å²) in [6.07, 6.45) is 1.63. The van der Waals surface area contributed by atoms with Crippen molar-refractivity contribution in [2.24, 2.45) is 4.99 Å². The maximum Gasteiger partial charge on any atom is 0.248 e. The predicted molar refractivity (Wildman–Crippen MR) is 152 cm³/mol. The highest BCUT2D eigenvalue weighted by Crippen LogP contribution is 2.30. The number of hydrogen-bond acceptors (Lipinski definition) is 2. The van der Waals surface area contributed by atoms with Crippen LogP contribution < -0.4 is 4.90 Å². The van der Waals surface area contributed by atoms with E-state index >= 15 is 0 Å². The molecule has 1 amide bonds. The molecule has 4 aromatic carbocycles. The minimum atomic E-state index is -0.0432. The van der Waals surface area contributed by atoms with Gasteiger partial charge in [0.25, 0.3) is 0 Å². The quantitative estimate of drug-likeness (QED) is 0.281. The maximum absolute atomic E-state index is 12.6. The van der Waals surface area contributed by atoms with Gasteiger partial charge in [-0.25, -0.2) is 0 Å². The molecule has 4 nitrogen and oxygen atoms in total. The van der Waals surface area contributed by atoms with Gasteiger partial charge in [0.15, 0.2) is 0 Å². The van der Waals surface area contributed by atoms with Crippen molar-refractivity contribution in [3.8, 4) is 0 Å². The van der Waals surface area contributed by atoms with Crippen molar-refractivity contribution in [1.29, 1.82) is 0 Å². The van der Waals surface area contributed by atoms with Crippen LogP contribution in [-0.4, -0.2) is 30.2 Å². The normalized spacial score (nSPS) is 13.4. The highest BCUT2D eigenvalue weighted by molar-refractivity contribution is 6.32. The Bertz CT molecular complexity index is 1650. The van der Waals surface area contributed by atoms with E-state index in [0.29, 0.717) is 5.02 Å². The van der Waals surface area contributed by atoms with Gasteiger partial charge < -0.3 is 9.88 Å². The summed E-state index contributed by atoms with van der Waals surface area (Å²) in [6.45, 7) is 0.103. The first-order chi connectivity index (χ1) is 18.1. The van der Waals surface area contributed by atoms with Crippen LogP contribution in [0.15, 0.2) is 102 Å². The molecule has 1 N–H and O–H groups in total. The molecule has 182 valence electrons. The number of halogens is 1. The molecule has 1 aromatic heterocycles. The van der Waals surface area contributed by atoms with E-state index in [0.717, 1.165) is 40.9 Å². The number of hydrogen-bond donors (Lipinski definition) is 1. The van der Waals surface area contributed by atoms with E-state index in [1.807, 2.05) is 18.2 Å². The molecule has 2 heterocycles. The van der Waals surface area contributed by atoms with E-state index in [1.165, 1.54) is 27.8 Å². The third kappa shape index (κ3) is 4.56. The number of amides is 1. The lowest BCUT2D eigenvalue weighted by molar-refractivity contribution is -0.116. The Kier molecular flexibility index (Phi) is 6.11. The number of carbonyl (C=O) groups excluding carboxylic acids is 1. The average Bonchev–Trinajstić information content (AvgIpc) is 3.19. The highest BCUT2D eigenvalue weighted by Gasteiger charge is 2.23. The summed E-state index contributed by atoms with van der Waals surface area (Å²) < 4.78 is 0. The fourth-order valence-corrected chi connectivity index (χ4v) is 5.32. The van der Waals surface area contributed by atoms with Crippen molar-refractivity contribution >= 4 is 39.8 Å². The molecule has 37 heavy (non-hydrogen) atoms. The lowest BCUT2D eigenvalue weighted by Crippen LogP contribution is -2.27. The largest absolute Gasteiger partial charge is 0.358 e. The van der Waals surface area contributed by atoms with Gasteiger partial charge in [-0.1, -0.05) is 78.3 Å². The summed E-state index contributed by atoms with van der Waals surface area (Å²) in [5.74, 6) is -0.0432. The van der Waals surface area contributed by atoms with Gasteiger partial charge in [-0.3, -0.25) is 9.79 Å². The van der Waals surface area contributed by atoms with Gasteiger partial charge in [-0.15, -0.1) is 0 Å². The first kappa shape index (κ1) is 23.3. The zero-order valence-corrected chi connectivity index (χ0v) is 21.3. The number of nitrogens with zero attached hydrogens (tertiary/aromatic N) is 2. The van der Waals surface area contributed by atoms with Crippen LogP contribution in [0.1, 0.15) is 33.5 Å². The Balaban J connectivity index is 1.39. The van der Waals surface area contributed by atoms with E-state index in [-0.39, 0.29) is 12.5 Å². The third-order valence-corrected chi connectivity index (χ3v) is 7.26. The molecule has 0 radical (unpaired) electrons. The zero-order valence-electron chi connectivity index (χ0n) is 20.5. The molecule has 0 bridgehead atoms. The van der Waals surface area contributed by atoms with E-state index in [2.05, 4.69) is 83.8 Å². The third-order valence-electron chi connectivity index (χ3n) is 7.03. The van der Waals surface area contributed by atoms with Crippen LogP contribution in [-0.2, 0) is 17.6 Å². The van der Waals surface area contributed by atoms with Crippen molar-refractivity contribution in [2.75, 3.05) is 18.5 Å². The van der Waals surface area contributed by atoms with Crippen LogP contribution in [0.5, 0.6) is 0 Å². The van der Waals surface area contributed by atoms with E-state index in [4.69, 9.17) is 16.6 Å². The Labute approximate surface area is 221 Å². The van der Waals surface area contributed by atoms with E-state index < -0.39 is 0 Å². The minimum Gasteiger partial charge on any atom is -0.358 e. The number of benzene rings is 4. The second-order valence-electron chi connectivity index (χ2n) is 9.45. The Morgan fingerprint density at radius 1 is 0.865 bits per heavy atom. The predicted octanol–water partition coefficient (Wildman–Crippen LogP) is 6.82. The molecular formula is C32H26ClN3O. The number of fused-ring (bicyclic) bond motifs is 2. The molecule has 0 atom stereocenters. The average molecular weight is 504 g/mol.